The van der Waals surface area contributed by atoms with Gasteiger partial charge in [-0.1, -0.05) is 0 Å². The summed E-state index contributed by atoms with van der Waals surface area (Å²) >= 11 is 0. The van der Waals surface area contributed by atoms with Gasteiger partial charge in [0.15, 0.2) is 0 Å². The van der Waals surface area contributed by atoms with Gasteiger partial charge in [-0.25, -0.2) is 9.78 Å². The van der Waals surface area contributed by atoms with E-state index >= 15 is 0 Å². The lowest BCUT2D eigenvalue weighted by Crippen LogP contribution is -1.97. The lowest BCUT2D eigenvalue weighted by molar-refractivity contribution is -0.385. The molecule has 0 atom stereocenters. The van der Waals surface area contributed by atoms with E-state index in [1.54, 1.807) is 0 Å². The molecule has 0 amide bonds. The first kappa shape index (κ1) is 12.6. The largest absolute Gasteiger partial charge is 0.481 e. The van der Waals surface area contributed by atoms with Crippen LogP contribution < -0.4 is 4.74 Å². The first-order chi connectivity index (χ1) is 8.08. The fourth-order valence-corrected chi connectivity index (χ4v) is 1.07. The van der Waals surface area contributed by atoms with Crippen molar-refractivity contribution in [3.05, 3.63) is 34.0 Å². The summed E-state index contributed by atoms with van der Waals surface area (Å²) in [6.45, 7) is 0. The van der Waals surface area contributed by atoms with Gasteiger partial charge >= 0.3 is 5.97 Å². The van der Waals surface area contributed by atoms with Crippen molar-refractivity contribution in [3.8, 4) is 5.88 Å². The number of hydrogen-bond donors (Lipinski definition) is 0. The second-order valence-electron chi connectivity index (χ2n) is 2.91. The van der Waals surface area contributed by atoms with Crippen LogP contribution in [-0.2, 0) is 9.53 Å². The van der Waals surface area contributed by atoms with Crippen LogP contribution in [0.4, 0.5) is 5.69 Å². The Morgan fingerprint density at radius 2 is 2.24 bits per heavy atom. The van der Waals surface area contributed by atoms with Gasteiger partial charge in [0, 0.05) is 17.7 Å². The van der Waals surface area contributed by atoms with Crippen LogP contribution >= 0.6 is 0 Å². The van der Waals surface area contributed by atoms with E-state index in [1.807, 2.05) is 0 Å². The van der Waals surface area contributed by atoms with Crippen molar-refractivity contribution in [2.24, 2.45) is 0 Å². The molecule has 7 heteroatoms. The van der Waals surface area contributed by atoms with Crippen molar-refractivity contribution in [3.63, 3.8) is 0 Å². The average Bonchev–Trinajstić information content (AvgIpc) is 2.35. The summed E-state index contributed by atoms with van der Waals surface area (Å²) in [5.74, 6) is -0.380. The standard InChI is InChI=1S/C10H10N2O5/c1-16-9(13)4-3-7-5-8(12(14)15)6-11-10(7)17-2/h3-6H,1-2H3. The SMILES string of the molecule is COC(=O)C=Cc1cc([N+](=O)[O-])cnc1OC. The molecule has 0 radical (unpaired) electrons. The number of pyridine rings is 1. The minimum atomic E-state index is -0.581. The number of esters is 1. The normalized spacial score (nSPS) is 10.2. The quantitative estimate of drug-likeness (QED) is 0.338. The van der Waals surface area contributed by atoms with Crippen molar-refractivity contribution in [1.82, 2.24) is 4.98 Å². The number of nitro groups is 1. The second kappa shape index (κ2) is 5.59. The van der Waals surface area contributed by atoms with Crippen LogP contribution in [0.5, 0.6) is 5.88 Å². The molecule has 17 heavy (non-hydrogen) atoms. The molecule has 0 aliphatic rings. The van der Waals surface area contributed by atoms with E-state index in [4.69, 9.17) is 4.74 Å². The minimum Gasteiger partial charge on any atom is -0.481 e. The Balaban J connectivity index is 3.10. The molecule has 0 fully saturated rings. The van der Waals surface area contributed by atoms with Crippen LogP contribution in [0.1, 0.15) is 5.56 Å². The van der Waals surface area contributed by atoms with E-state index < -0.39 is 10.9 Å². The number of methoxy groups -OCH3 is 2. The molecule has 0 aromatic carbocycles. The Morgan fingerprint density at radius 3 is 2.76 bits per heavy atom. The summed E-state index contributed by atoms with van der Waals surface area (Å²) in [5.41, 5.74) is 0.141. The van der Waals surface area contributed by atoms with Crippen molar-refractivity contribution in [2.45, 2.75) is 0 Å². The van der Waals surface area contributed by atoms with Gasteiger partial charge in [-0.05, 0) is 6.08 Å². The number of aromatic nitrogens is 1. The molecule has 0 saturated heterocycles. The van der Waals surface area contributed by atoms with Gasteiger partial charge in [0.1, 0.15) is 6.20 Å². The van der Waals surface area contributed by atoms with Crippen molar-refractivity contribution < 1.29 is 19.2 Å². The number of ether oxygens (including phenoxy) is 2. The summed E-state index contributed by atoms with van der Waals surface area (Å²) in [6.07, 6.45) is 3.54. The molecule has 0 aliphatic carbocycles. The van der Waals surface area contributed by atoms with Crippen molar-refractivity contribution in [1.29, 1.82) is 0 Å². The monoisotopic (exact) mass is 238 g/mol. The fourth-order valence-electron chi connectivity index (χ4n) is 1.07. The smallest absolute Gasteiger partial charge is 0.330 e. The van der Waals surface area contributed by atoms with E-state index in [2.05, 4.69) is 9.72 Å². The molecule has 0 aliphatic heterocycles. The van der Waals surface area contributed by atoms with E-state index in [0.717, 1.165) is 12.3 Å². The predicted octanol–water partition coefficient (Wildman–Crippen LogP) is 1.18. The number of carbonyl (C=O) groups excluding carboxylic acids is 1. The molecular weight excluding hydrogens is 228 g/mol. The van der Waals surface area contributed by atoms with E-state index in [-0.39, 0.29) is 11.6 Å². The maximum absolute atomic E-state index is 10.9. The van der Waals surface area contributed by atoms with Crippen LogP contribution in [0.25, 0.3) is 6.08 Å². The molecular formula is C10H10N2O5. The third-order valence-electron chi connectivity index (χ3n) is 1.87. The number of rotatable bonds is 4. The molecule has 0 N–H and O–H groups in total. The highest BCUT2D eigenvalue weighted by atomic mass is 16.6. The zero-order chi connectivity index (χ0) is 12.8. The topological polar surface area (TPSA) is 91.6 Å². The van der Waals surface area contributed by atoms with E-state index in [9.17, 15) is 14.9 Å². The van der Waals surface area contributed by atoms with Gasteiger partial charge in [0.25, 0.3) is 5.69 Å². The maximum atomic E-state index is 10.9. The first-order valence-corrected chi connectivity index (χ1v) is 4.53. The Kier molecular flexibility index (Phi) is 4.15. The summed E-state index contributed by atoms with van der Waals surface area (Å²) in [4.78, 5) is 24.6. The number of nitrogens with zero attached hydrogens (tertiary/aromatic N) is 2. The third kappa shape index (κ3) is 3.26. The van der Waals surface area contributed by atoms with E-state index in [0.29, 0.717) is 5.56 Å². The molecule has 0 bridgehead atoms. The Hall–Kier alpha value is -2.44. The summed E-state index contributed by atoms with van der Waals surface area (Å²) in [5, 5.41) is 10.6. The third-order valence-corrected chi connectivity index (χ3v) is 1.87. The van der Waals surface area contributed by atoms with Gasteiger partial charge < -0.3 is 9.47 Å². The van der Waals surface area contributed by atoms with Crippen LogP contribution in [0.15, 0.2) is 18.3 Å². The lowest BCUT2D eigenvalue weighted by Gasteiger charge is -2.02. The molecule has 0 spiro atoms. The summed E-state index contributed by atoms with van der Waals surface area (Å²) in [7, 11) is 2.61. The Morgan fingerprint density at radius 1 is 1.53 bits per heavy atom. The highest BCUT2D eigenvalue weighted by Crippen LogP contribution is 2.21. The highest BCUT2D eigenvalue weighted by molar-refractivity contribution is 5.87. The molecule has 1 aromatic heterocycles. The zero-order valence-corrected chi connectivity index (χ0v) is 9.25. The van der Waals surface area contributed by atoms with Gasteiger partial charge in [-0.2, -0.15) is 0 Å². The van der Waals surface area contributed by atoms with Crippen molar-refractivity contribution in [2.75, 3.05) is 14.2 Å². The van der Waals surface area contributed by atoms with Crippen LogP contribution in [0.3, 0.4) is 0 Å². The first-order valence-electron chi connectivity index (χ1n) is 4.53. The predicted molar refractivity (Wildman–Crippen MR) is 58.5 cm³/mol. The van der Waals surface area contributed by atoms with Crippen molar-refractivity contribution >= 4 is 17.7 Å². The molecule has 1 aromatic rings. The fraction of sp³-hybridized carbons (Fsp3) is 0.200. The summed E-state index contributed by atoms with van der Waals surface area (Å²) in [6, 6.07) is 1.26. The lowest BCUT2D eigenvalue weighted by atomic mass is 10.2. The Bertz CT molecular complexity index is 470. The van der Waals surface area contributed by atoms with Gasteiger partial charge in [0.05, 0.1) is 19.1 Å². The zero-order valence-electron chi connectivity index (χ0n) is 9.25. The van der Waals surface area contributed by atoms with Crippen LogP contribution in [0, 0.1) is 10.1 Å². The minimum absolute atomic E-state index is 0.185. The maximum Gasteiger partial charge on any atom is 0.330 e. The van der Waals surface area contributed by atoms with Gasteiger partial charge in [0.2, 0.25) is 5.88 Å². The average molecular weight is 238 g/mol. The van der Waals surface area contributed by atoms with Crippen LogP contribution in [0.2, 0.25) is 0 Å². The molecule has 90 valence electrons. The molecule has 1 heterocycles. The molecule has 7 nitrogen and oxygen atoms in total. The highest BCUT2D eigenvalue weighted by Gasteiger charge is 2.11. The van der Waals surface area contributed by atoms with Crippen LogP contribution in [-0.4, -0.2) is 30.1 Å². The Labute approximate surface area is 96.8 Å². The molecule has 0 saturated carbocycles. The molecule has 0 unspecified atom stereocenters. The summed E-state index contributed by atoms with van der Waals surface area (Å²) < 4.78 is 9.31. The second-order valence-corrected chi connectivity index (χ2v) is 2.91. The molecule has 1 rings (SSSR count). The number of hydrogen-bond acceptors (Lipinski definition) is 6. The van der Waals surface area contributed by atoms with Gasteiger partial charge in [-0.3, -0.25) is 10.1 Å². The number of carbonyl (C=O) groups is 1. The van der Waals surface area contributed by atoms with E-state index in [1.165, 1.54) is 26.4 Å². The van der Waals surface area contributed by atoms with Gasteiger partial charge in [-0.15, -0.1) is 0 Å².